The number of benzene rings is 1. The van der Waals surface area contributed by atoms with E-state index in [4.69, 9.17) is 4.52 Å². The van der Waals surface area contributed by atoms with Crippen LogP contribution in [0.3, 0.4) is 0 Å². The highest BCUT2D eigenvalue weighted by Gasteiger charge is 2.14. The summed E-state index contributed by atoms with van der Waals surface area (Å²) in [4.78, 5) is 2.42. The Hall–Kier alpha value is -1.26. The second kappa shape index (κ2) is 5.59. The summed E-state index contributed by atoms with van der Waals surface area (Å²) in [5.41, 5.74) is 2.04. The molecule has 0 amide bonds. The van der Waals surface area contributed by atoms with Gasteiger partial charge in [0, 0.05) is 36.2 Å². The van der Waals surface area contributed by atoms with Crippen LogP contribution < -0.4 is 0 Å². The molecular weight excluding hydrogens is 244 g/mol. The molecule has 1 aromatic carbocycles. The first-order valence-electron chi connectivity index (χ1n) is 6.23. The third-order valence-electron chi connectivity index (χ3n) is 3.11. The normalized spacial score (nSPS) is 16.9. The lowest BCUT2D eigenvalue weighted by Gasteiger charge is -2.24. The van der Waals surface area contributed by atoms with E-state index in [9.17, 15) is 0 Å². The zero-order chi connectivity index (χ0) is 12.2. The van der Waals surface area contributed by atoms with Crippen molar-refractivity contribution in [3.8, 4) is 11.3 Å². The number of hydrogen-bond acceptors (Lipinski definition) is 4. The summed E-state index contributed by atoms with van der Waals surface area (Å²) in [6.45, 7) is 3.17. The van der Waals surface area contributed by atoms with Crippen LogP contribution in [-0.2, 0) is 6.54 Å². The Bertz CT molecular complexity index is 492. The minimum atomic E-state index is 0.875. The molecule has 1 saturated heterocycles. The fourth-order valence-electron chi connectivity index (χ4n) is 2.11. The van der Waals surface area contributed by atoms with Gasteiger partial charge in [-0.3, -0.25) is 4.90 Å². The zero-order valence-electron chi connectivity index (χ0n) is 10.2. The van der Waals surface area contributed by atoms with Crippen molar-refractivity contribution in [3.05, 3.63) is 42.2 Å². The van der Waals surface area contributed by atoms with Crippen LogP contribution in [-0.4, -0.2) is 34.7 Å². The van der Waals surface area contributed by atoms with Gasteiger partial charge in [-0.25, -0.2) is 0 Å². The Kier molecular flexibility index (Phi) is 3.67. The van der Waals surface area contributed by atoms with E-state index in [-0.39, 0.29) is 0 Å². The van der Waals surface area contributed by atoms with Crippen molar-refractivity contribution >= 4 is 11.8 Å². The van der Waals surface area contributed by atoms with Crippen molar-refractivity contribution in [1.82, 2.24) is 10.1 Å². The van der Waals surface area contributed by atoms with Crippen LogP contribution >= 0.6 is 11.8 Å². The van der Waals surface area contributed by atoms with Gasteiger partial charge in [-0.15, -0.1) is 0 Å². The number of aromatic nitrogens is 1. The molecular formula is C14H16N2OS. The second-order valence-electron chi connectivity index (χ2n) is 4.43. The van der Waals surface area contributed by atoms with Gasteiger partial charge in [-0.05, 0) is 0 Å². The Morgan fingerprint density at radius 3 is 2.72 bits per heavy atom. The van der Waals surface area contributed by atoms with Gasteiger partial charge >= 0.3 is 0 Å². The Morgan fingerprint density at radius 2 is 1.94 bits per heavy atom. The minimum absolute atomic E-state index is 0.875. The molecule has 0 N–H and O–H groups in total. The average molecular weight is 260 g/mol. The van der Waals surface area contributed by atoms with E-state index in [0.717, 1.165) is 36.7 Å². The monoisotopic (exact) mass is 260 g/mol. The highest BCUT2D eigenvalue weighted by Crippen LogP contribution is 2.20. The van der Waals surface area contributed by atoms with Crippen LogP contribution in [0.5, 0.6) is 0 Å². The first-order chi connectivity index (χ1) is 8.92. The van der Waals surface area contributed by atoms with Gasteiger partial charge in [0.25, 0.3) is 0 Å². The lowest BCUT2D eigenvalue weighted by molar-refractivity contribution is 0.251. The summed E-state index contributed by atoms with van der Waals surface area (Å²) < 4.78 is 5.42. The molecule has 2 aromatic rings. The molecule has 0 bridgehead atoms. The van der Waals surface area contributed by atoms with Gasteiger partial charge in [-0.1, -0.05) is 35.5 Å². The zero-order valence-corrected chi connectivity index (χ0v) is 11.0. The molecule has 1 fully saturated rings. The number of nitrogens with zero attached hydrogens (tertiary/aromatic N) is 2. The van der Waals surface area contributed by atoms with E-state index in [0.29, 0.717) is 0 Å². The number of hydrogen-bond donors (Lipinski definition) is 0. The summed E-state index contributed by atoms with van der Waals surface area (Å²) in [6.07, 6.45) is 0. The fourth-order valence-corrected chi connectivity index (χ4v) is 3.09. The first kappa shape index (κ1) is 11.8. The predicted molar refractivity (Wildman–Crippen MR) is 74.5 cm³/mol. The number of rotatable bonds is 3. The molecule has 0 saturated carbocycles. The number of thioether (sulfide) groups is 1. The first-order valence-corrected chi connectivity index (χ1v) is 7.38. The van der Waals surface area contributed by atoms with Crippen molar-refractivity contribution in [2.45, 2.75) is 6.54 Å². The third-order valence-corrected chi connectivity index (χ3v) is 4.05. The Balaban J connectivity index is 1.69. The topological polar surface area (TPSA) is 29.3 Å². The summed E-state index contributed by atoms with van der Waals surface area (Å²) >= 11 is 2.02. The molecule has 3 rings (SSSR count). The smallest absolute Gasteiger partial charge is 0.151 e. The van der Waals surface area contributed by atoms with Crippen LogP contribution in [0.4, 0.5) is 0 Å². The quantitative estimate of drug-likeness (QED) is 0.848. The fraction of sp³-hybridized carbons (Fsp3) is 0.357. The van der Waals surface area contributed by atoms with E-state index in [2.05, 4.69) is 28.3 Å². The van der Waals surface area contributed by atoms with E-state index in [1.54, 1.807) is 0 Å². The highest BCUT2D eigenvalue weighted by molar-refractivity contribution is 7.99. The molecule has 0 atom stereocenters. The lowest BCUT2D eigenvalue weighted by Crippen LogP contribution is -2.31. The molecule has 18 heavy (non-hydrogen) atoms. The Labute approximate surface area is 111 Å². The van der Waals surface area contributed by atoms with Gasteiger partial charge in [-0.2, -0.15) is 11.8 Å². The van der Waals surface area contributed by atoms with E-state index in [1.807, 2.05) is 30.0 Å². The summed E-state index contributed by atoms with van der Waals surface area (Å²) in [5, 5.41) is 4.15. The summed E-state index contributed by atoms with van der Waals surface area (Å²) in [7, 11) is 0. The molecule has 94 valence electrons. The molecule has 0 radical (unpaired) electrons. The van der Waals surface area contributed by atoms with Crippen molar-refractivity contribution < 1.29 is 4.52 Å². The van der Waals surface area contributed by atoms with Crippen molar-refractivity contribution in [2.75, 3.05) is 24.6 Å². The van der Waals surface area contributed by atoms with Gasteiger partial charge < -0.3 is 4.52 Å². The SMILES string of the molecule is c1ccc(-c2cc(CN3CCSCC3)on2)cc1. The molecule has 0 spiro atoms. The van der Waals surface area contributed by atoms with Crippen molar-refractivity contribution in [1.29, 1.82) is 0 Å². The summed E-state index contributed by atoms with van der Waals surface area (Å²) in [5.74, 6) is 3.40. The minimum Gasteiger partial charge on any atom is -0.359 e. The van der Waals surface area contributed by atoms with Crippen LogP contribution in [0.1, 0.15) is 5.76 Å². The van der Waals surface area contributed by atoms with Crippen LogP contribution in [0.2, 0.25) is 0 Å². The maximum atomic E-state index is 5.42. The summed E-state index contributed by atoms with van der Waals surface area (Å²) in [6, 6.07) is 12.2. The van der Waals surface area contributed by atoms with Gasteiger partial charge in [0.1, 0.15) is 5.69 Å². The standard InChI is InChI=1S/C14H16N2OS/c1-2-4-12(5-3-1)14-10-13(17-15-14)11-16-6-8-18-9-7-16/h1-5,10H,6-9,11H2. The highest BCUT2D eigenvalue weighted by atomic mass is 32.2. The van der Waals surface area contributed by atoms with E-state index >= 15 is 0 Å². The van der Waals surface area contributed by atoms with E-state index < -0.39 is 0 Å². The van der Waals surface area contributed by atoms with Crippen molar-refractivity contribution in [2.24, 2.45) is 0 Å². The average Bonchev–Trinajstić information content (AvgIpc) is 2.89. The van der Waals surface area contributed by atoms with Crippen LogP contribution in [0.25, 0.3) is 11.3 Å². The van der Waals surface area contributed by atoms with Gasteiger partial charge in [0.2, 0.25) is 0 Å². The lowest BCUT2D eigenvalue weighted by atomic mass is 10.1. The van der Waals surface area contributed by atoms with Gasteiger partial charge in [0.05, 0.1) is 6.54 Å². The molecule has 1 aliphatic rings. The Morgan fingerprint density at radius 1 is 1.17 bits per heavy atom. The molecule has 1 aliphatic heterocycles. The van der Waals surface area contributed by atoms with Gasteiger partial charge in [0.15, 0.2) is 5.76 Å². The second-order valence-corrected chi connectivity index (χ2v) is 5.66. The predicted octanol–water partition coefficient (Wildman–Crippen LogP) is 2.89. The molecule has 0 aliphatic carbocycles. The maximum Gasteiger partial charge on any atom is 0.151 e. The molecule has 3 nitrogen and oxygen atoms in total. The largest absolute Gasteiger partial charge is 0.359 e. The van der Waals surface area contributed by atoms with E-state index in [1.165, 1.54) is 11.5 Å². The maximum absolute atomic E-state index is 5.42. The molecule has 0 unspecified atom stereocenters. The molecule has 2 heterocycles. The van der Waals surface area contributed by atoms with Crippen molar-refractivity contribution in [3.63, 3.8) is 0 Å². The molecule has 1 aromatic heterocycles. The molecule has 4 heteroatoms. The van der Waals surface area contributed by atoms with Crippen LogP contribution in [0.15, 0.2) is 40.9 Å². The third kappa shape index (κ3) is 2.76. The van der Waals surface area contributed by atoms with Crippen LogP contribution in [0, 0.1) is 0 Å².